The summed E-state index contributed by atoms with van der Waals surface area (Å²) in [7, 11) is 0. The van der Waals surface area contributed by atoms with Crippen LogP contribution in [-0.4, -0.2) is 0 Å². The van der Waals surface area contributed by atoms with Crippen molar-refractivity contribution in [3.05, 3.63) is 34.9 Å². The molecule has 0 bridgehead atoms. The standard InChI is InChI=1S/C11H15NO/c1-2-11(12)8-3-4-9-6-13-7-10(9)5-8/h3-5,11H,2,6-7,12H2,1H3/t11-/m1/s1. The summed E-state index contributed by atoms with van der Waals surface area (Å²) in [6.45, 7) is 3.62. The highest BCUT2D eigenvalue weighted by molar-refractivity contribution is 5.34. The van der Waals surface area contributed by atoms with Crippen molar-refractivity contribution in [1.29, 1.82) is 0 Å². The molecule has 0 unspecified atom stereocenters. The molecular formula is C11H15NO. The normalized spacial score (nSPS) is 17.1. The fourth-order valence-electron chi connectivity index (χ4n) is 1.66. The van der Waals surface area contributed by atoms with Gasteiger partial charge in [-0.15, -0.1) is 0 Å². The molecule has 1 aliphatic rings. The van der Waals surface area contributed by atoms with E-state index in [1.165, 1.54) is 16.7 Å². The minimum absolute atomic E-state index is 0.172. The molecule has 1 aromatic rings. The molecule has 13 heavy (non-hydrogen) atoms. The maximum Gasteiger partial charge on any atom is 0.0725 e. The first-order chi connectivity index (χ1) is 6.31. The zero-order chi connectivity index (χ0) is 9.26. The number of nitrogens with two attached hydrogens (primary N) is 1. The number of hydrogen-bond acceptors (Lipinski definition) is 2. The molecule has 0 saturated carbocycles. The van der Waals surface area contributed by atoms with Gasteiger partial charge in [0, 0.05) is 6.04 Å². The Balaban J connectivity index is 2.30. The predicted molar refractivity (Wildman–Crippen MR) is 52.2 cm³/mol. The van der Waals surface area contributed by atoms with Crippen molar-refractivity contribution in [3.8, 4) is 0 Å². The average molecular weight is 177 g/mol. The Bertz CT molecular complexity index is 309. The van der Waals surface area contributed by atoms with Crippen LogP contribution in [0.25, 0.3) is 0 Å². The molecule has 0 fully saturated rings. The Kier molecular flexibility index (Phi) is 2.34. The van der Waals surface area contributed by atoms with Gasteiger partial charge in [-0.05, 0) is 23.1 Å². The van der Waals surface area contributed by atoms with Crippen LogP contribution in [0.1, 0.15) is 36.1 Å². The largest absolute Gasteiger partial charge is 0.372 e. The van der Waals surface area contributed by atoms with E-state index < -0.39 is 0 Å². The summed E-state index contributed by atoms with van der Waals surface area (Å²) in [6.07, 6.45) is 0.986. The van der Waals surface area contributed by atoms with E-state index in [0.717, 1.165) is 19.6 Å². The van der Waals surface area contributed by atoms with Crippen LogP contribution in [0.5, 0.6) is 0 Å². The van der Waals surface area contributed by atoms with Gasteiger partial charge in [0.15, 0.2) is 0 Å². The van der Waals surface area contributed by atoms with Gasteiger partial charge in [-0.3, -0.25) is 0 Å². The van der Waals surface area contributed by atoms with Gasteiger partial charge < -0.3 is 10.5 Å². The monoisotopic (exact) mass is 177 g/mol. The number of benzene rings is 1. The quantitative estimate of drug-likeness (QED) is 0.751. The van der Waals surface area contributed by atoms with Gasteiger partial charge >= 0.3 is 0 Å². The Hall–Kier alpha value is -0.860. The van der Waals surface area contributed by atoms with Crippen LogP contribution in [0.15, 0.2) is 18.2 Å². The lowest BCUT2D eigenvalue weighted by Crippen LogP contribution is -2.08. The van der Waals surface area contributed by atoms with Gasteiger partial charge in [0.1, 0.15) is 0 Å². The molecule has 1 heterocycles. The highest BCUT2D eigenvalue weighted by Crippen LogP contribution is 2.23. The molecule has 1 aliphatic heterocycles. The molecule has 70 valence electrons. The summed E-state index contributed by atoms with van der Waals surface area (Å²) in [4.78, 5) is 0. The minimum atomic E-state index is 0.172. The van der Waals surface area contributed by atoms with E-state index in [1.807, 2.05) is 0 Å². The highest BCUT2D eigenvalue weighted by Gasteiger charge is 2.12. The molecule has 0 aliphatic carbocycles. The summed E-state index contributed by atoms with van der Waals surface area (Å²) in [5.74, 6) is 0. The maximum absolute atomic E-state index is 5.95. The number of ether oxygens (including phenoxy) is 1. The summed E-state index contributed by atoms with van der Waals surface area (Å²) in [5.41, 5.74) is 9.79. The SMILES string of the molecule is CC[C@@H](N)c1ccc2c(c1)COC2. The van der Waals surface area contributed by atoms with Crippen molar-refractivity contribution in [2.75, 3.05) is 0 Å². The molecule has 0 amide bonds. The van der Waals surface area contributed by atoms with E-state index in [2.05, 4.69) is 25.1 Å². The Labute approximate surface area is 78.7 Å². The van der Waals surface area contributed by atoms with Gasteiger partial charge in [0.25, 0.3) is 0 Å². The average Bonchev–Trinajstić information content (AvgIpc) is 2.63. The van der Waals surface area contributed by atoms with Gasteiger partial charge in [0.05, 0.1) is 13.2 Å². The second-order valence-electron chi connectivity index (χ2n) is 3.54. The van der Waals surface area contributed by atoms with Crippen molar-refractivity contribution in [2.45, 2.75) is 32.6 Å². The van der Waals surface area contributed by atoms with E-state index in [4.69, 9.17) is 10.5 Å². The smallest absolute Gasteiger partial charge is 0.0725 e. The van der Waals surface area contributed by atoms with Crippen molar-refractivity contribution in [1.82, 2.24) is 0 Å². The lowest BCUT2D eigenvalue weighted by Gasteiger charge is -2.10. The van der Waals surface area contributed by atoms with Crippen molar-refractivity contribution in [3.63, 3.8) is 0 Å². The van der Waals surface area contributed by atoms with E-state index in [-0.39, 0.29) is 6.04 Å². The summed E-state index contributed by atoms with van der Waals surface area (Å²) in [5, 5.41) is 0. The van der Waals surface area contributed by atoms with Crippen molar-refractivity contribution in [2.24, 2.45) is 5.73 Å². The molecular weight excluding hydrogens is 162 g/mol. The van der Waals surface area contributed by atoms with Crippen LogP contribution in [0.4, 0.5) is 0 Å². The molecule has 0 spiro atoms. The van der Waals surface area contributed by atoms with Crippen molar-refractivity contribution >= 4 is 0 Å². The van der Waals surface area contributed by atoms with E-state index in [1.54, 1.807) is 0 Å². The Morgan fingerprint density at radius 1 is 1.38 bits per heavy atom. The fraction of sp³-hybridized carbons (Fsp3) is 0.455. The first-order valence-corrected chi connectivity index (χ1v) is 4.76. The first-order valence-electron chi connectivity index (χ1n) is 4.76. The molecule has 2 rings (SSSR count). The zero-order valence-corrected chi connectivity index (χ0v) is 7.92. The fourth-order valence-corrected chi connectivity index (χ4v) is 1.66. The molecule has 0 radical (unpaired) electrons. The second-order valence-corrected chi connectivity index (χ2v) is 3.54. The first kappa shape index (κ1) is 8.73. The van der Waals surface area contributed by atoms with Gasteiger partial charge in [0.2, 0.25) is 0 Å². The molecule has 2 nitrogen and oxygen atoms in total. The predicted octanol–water partition coefficient (Wildman–Crippen LogP) is 2.13. The molecule has 1 aromatic carbocycles. The second kappa shape index (κ2) is 3.48. The summed E-state index contributed by atoms with van der Waals surface area (Å²) >= 11 is 0. The summed E-state index contributed by atoms with van der Waals surface area (Å²) < 4.78 is 5.34. The lowest BCUT2D eigenvalue weighted by atomic mass is 10.0. The van der Waals surface area contributed by atoms with Gasteiger partial charge in [-0.1, -0.05) is 25.1 Å². The van der Waals surface area contributed by atoms with Crippen LogP contribution in [0, 0.1) is 0 Å². The van der Waals surface area contributed by atoms with Crippen LogP contribution >= 0.6 is 0 Å². The van der Waals surface area contributed by atoms with E-state index in [9.17, 15) is 0 Å². The third-order valence-corrected chi connectivity index (χ3v) is 2.61. The van der Waals surface area contributed by atoms with Crippen molar-refractivity contribution < 1.29 is 4.74 Å². The van der Waals surface area contributed by atoms with Crippen LogP contribution in [0.3, 0.4) is 0 Å². The highest BCUT2D eigenvalue weighted by atomic mass is 16.5. The van der Waals surface area contributed by atoms with Crippen LogP contribution in [0.2, 0.25) is 0 Å². The maximum atomic E-state index is 5.95. The zero-order valence-electron chi connectivity index (χ0n) is 7.92. The molecule has 1 atom stereocenters. The lowest BCUT2D eigenvalue weighted by molar-refractivity contribution is 0.134. The topological polar surface area (TPSA) is 35.2 Å². The van der Waals surface area contributed by atoms with E-state index >= 15 is 0 Å². The minimum Gasteiger partial charge on any atom is -0.372 e. The third kappa shape index (κ3) is 1.60. The van der Waals surface area contributed by atoms with Crippen LogP contribution < -0.4 is 5.73 Å². The Morgan fingerprint density at radius 2 is 2.15 bits per heavy atom. The molecule has 2 heteroatoms. The molecule has 2 N–H and O–H groups in total. The third-order valence-electron chi connectivity index (χ3n) is 2.61. The van der Waals surface area contributed by atoms with Gasteiger partial charge in [-0.2, -0.15) is 0 Å². The Morgan fingerprint density at radius 3 is 2.92 bits per heavy atom. The number of rotatable bonds is 2. The molecule has 0 saturated heterocycles. The van der Waals surface area contributed by atoms with Gasteiger partial charge in [-0.25, -0.2) is 0 Å². The van der Waals surface area contributed by atoms with E-state index in [0.29, 0.717) is 0 Å². The number of fused-ring (bicyclic) bond motifs is 1. The van der Waals surface area contributed by atoms with Crippen LogP contribution in [-0.2, 0) is 18.0 Å². The number of hydrogen-bond donors (Lipinski definition) is 1. The molecule has 0 aromatic heterocycles. The summed E-state index contributed by atoms with van der Waals surface area (Å²) in [6, 6.07) is 6.59.